The first-order chi connectivity index (χ1) is 6.72. The van der Waals surface area contributed by atoms with E-state index in [1.54, 1.807) is 0 Å². The van der Waals surface area contributed by atoms with Gasteiger partial charge >= 0.3 is 0 Å². The third kappa shape index (κ3) is 3.44. The summed E-state index contributed by atoms with van der Waals surface area (Å²) < 4.78 is 0. The van der Waals surface area contributed by atoms with E-state index in [0.717, 1.165) is 6.54 Å². The molecule has 0 spiro atoms. The zero-order valence-electron chi connectivity index (χ0n) is 9.59. The lowest BCUT2D eigenvalue weighted by molar-refractivity contribution is 0.191. The first-order valence-corrected chi connectivity index (χ1v) is 6.99. The standard InChI is InChI=1S/C11H24N2S/c1-13(7-8-14-2)10-11(9-12)5-3-4-6-11/h3-10,12H2,1-2H3. The highest BCUT2D eigenvalue weighted by atomic mass is 32.2. The summed E-state index contributed by atoms with van der Waals surface area (Å²) in [5, 5.41) is 0. The summed E-state index contributed by atoms with van der Waals surface area (Å²) in [5.41, 5.74) is 6.37. The molecule has 2 N–H and O–H groups in total. The molecule has 0 heterocycles. The highest BCUT2D eigenvalue weighted by molar-refractivity contribution is 7.98. The Balaban J connectivity index is 2.32. The molecule has 0 radical (unpaired) electrons. The fourth-order valence-electron chi connectivity index (χ4n) is 2.45. The highest BCUT2D eigenvalue weighted by Gasteiger charge is 2.33. The predicted molar refractivity (Wildman–Crippen MR) is 65.8 cm³/mol. The van der Waals surface area contributed by atoms with Crippen LogP contribution in [-0.4, -0.2) is 43.6 Å². The van der Waals surface area contributed by atoms with Crippen LogP contribution in [0.2, 0.25) is 0 Å². The predicted octanol–water partition coefficient (Wildman–Crippen LogP) is 1.80. The second kappa shape index (κ2) is 5.99. The number of nitrogens with zero attached hydrogens (tertiary/aromatic N) is 1. The van der Waals surface area contributed by atoms with Gasteiger partial charge in [0.15, 0.2) is 0 Å². The molecule has 0 aromatic carbocycles. The van der Waals surface area contributed by atoms with E-state index in [1.807, 2.05) is 11.8 Å². The molecular formula is C11H24N2S. The van der Waals surface area contributed by atoms with E-state index in [9.17, 15) is 0 Å². The summed E-state index contributed by atoms with van der Waals surface area (Å²) >= 11 is 1.92. The van der Waals surface area contributed by atoms with Crippen LogP contribution in [0, 0.1) is 5.41 Å². The molecule has 2 nitrogen and oxygen atoms in total. The van der Waals surface area contributed by atoms with Gasteiger partial charge in [-0.05, 0) is 38.1 Å². The number of nitrogens with two attached hydrogens (primary N) is 1. The van der Waals surface area contributed by atoms with Gasteiger partial charge < -0.3 is 10.6 Å². The monoisotopic (exact) mass is 216 g/mol. The van der Waals surface area contributed by atoms with Gasteiger partial charge in [-0.25, -0.2) is 0 Å². The van der Waals surface area contributed by atoms with Crippen molar-refractivity contribution in [2.24, 2.45) is 11.1 Å². The minimum absolute atomic E-state index is 0.452. The van der Waals surface area contributed by atoms with Crippen LogP contribution in [-0.2, 0) is 0 Å². The molecule has 0 aromatic heterocycles. The molecule has 1 aliphatic carbocycles. The van der Waals surface area contributed by atoms with Gasteiger partial charge in [0.05, 0.1) is 0 Å². The van der Waals surface area contributed by atoms with Crippen molar-refractivity contribution in [1.82, 2.24) is 4.90 Å². The molecule has 14 heavy (non-hydrogen) atoms. The van der Waals surface area contributed by atoms with Crippen LogP contribution in [0.1, 0.15) is 25.7 Å². The average molecular weight is 216 g/mol. The maximum atomic E-state index is 5.91. The summed E-state index contributed by atoms with van der Waals surface area (Å²) in [6.45, 7) is 3.27. The topological polar surface area (TPSA) is 29.3 Å². The Morgan fingerprint density at radius 3 is 2.50 bits per heavy atom. The summed E-state index contributed by atoms with van der Waals surface area (Å²) in [4.78, 5) is 2.45. The van der Waals surface area contributed by atoms with Gasteiger partial charge in [-0.3, -0.25) is 0 Å². The summed E-state index contributed by atoms with van der Waals surface area (Å²) in [7, 11) is 2.23. The van der Waals surface area contributed by atoms with E-state index >= 15 is 0 Å². The summed E-state index contributed by atoms with van der Waals surface area (Å²) in [6.07, 6.45) is 7.61. The van der Waals surface area contributed by atoms with Crippen molar-refractivity contribution < 1.29 is 0 Å². The Morgan fingerprint density at radius 2 is 2.00 bits per heavy atom. The van der Waals surface area contributed by atoms with Gasteiger partial charge in [0.25, 0.3) is 0 Å². The summed E-state index contributed by atoms with van der Waals surface area (Å²) in [6, 6.07) is 0. The Hall–Kier alpha value is 0.270. The minimum Gasteiger partial charge on any atom is -0.330 e. The van der Waals surface area contributed by atoms with Crippen LogP contribution in [0.4, 0.5) is 0 Å². The van der Waals surface area contributed by atoms with E-state index in [4.69, 9.17) is 5.73 Å². The molecule has 1 aliphatic rings. The van der Waals surface area contributed by atoms with Crippen molar-refractivity contribution in [1.29, 1.82) is 0 Å². The van der Waals surface area contributed by atoms with Gasteiger partial charge in [-0.1, -0.05) is 12.8 Å². The van der Waals surface area contributed by atoms with E-state index in [1.165, 1.54) is 44.5 Å². The van der Waals surface area contributed by atoms with E-state index in [-0.39, 0.29) is 0 Å². The van der Waals surface area contributed by atoms with Crippen molar-refractivity contribution in [2.45, 2.75) is 25.7 Å². The molecule has 0 aromatic rings. The first-order valence-electron chi connectivity index (χ1n) is 5.60. The van der Waals surface area contributed by atoms with E-state index in [0.29, 0.717) is 5.41 Å². The van der Waals surface area contributed by atoms with Gasteiger partial charge in [0.2, 0.25) is 0 Å². The molecule has 1 fully saturated rings. The lowest BCUT2D eigenvalue weighted by Gasteiger charge is -2.32. The molecule has 0 atom stereocenters. The zero-order valence-corrected chi connectivity index (χ0v) is 10.4. The quantitative estimate of drug-likeness (QED) is 0.734. The second-order valence-corrected chi connectivity index (χ2v) is 5.63. The van der Waals surface area contributed by atoms with E-state index in [2.05, 4.69) is 18.2 Å². The third-order valence-electron chi connectivity index (χ3n) is 3.38. The molecule has 1 saturated carbocycles. The van der Waals surface area contributed by atoms with Crippen molar-refractivity contribution >= 4 is 11.8 Å². The molecule has 0 aliphatic heterocycles. The molecular weight excluding hydrogens is 192 g/mol. The molecule has 0 unspecified atom stereocenters. The normalized spacial score (nSPS) is 20.6. The van der Waals surface area contributed by atoms with Crippen LogP contribution >= 0.6 is 11.8 Å². The van der Waals surface area contributed by atoms with Crippen molar-refractivity contribution in [3.8, 4) is 0 Å². The Morgan fingerprint density at radius 1 is 1.36 bits per heavy atom. The number of hydrogen-bond acceptors (Lipinski definition) is 3. The first kappa shape index (κ1) is 12.3. The Kier molecular flexibility index (Phi) is 5.28. The van der Waals surface area contributed by atoms with Crippen LogP contribution in [0.25, 0.3) is 0 Å². The van der Waals surface area contributed by atoms with E-state index < -0.39 is 0 Å². The van der Waals surface area contributed by atoms with Crippen LogP contribution in [0.5, 0.6) is 0 Å². The SMILES string of the molecule is CSCCN(C)CC1(CN)CCCC1. The molecule has 84 valence electrons. The molecule has 0 amide bonds. The zero-order chi connectivity index (χ0) is 10.4. The Bertz CT molecular complexity index is 155. The largest absolute Gasteiger partial charge is 0.330 e. The average Bonchev–Trinajstić information content (AvgIpc) is 2.64. The molecule has 0 saturated heterocycles. The van der Waals surface area contributed by atoms with Gasteiger partial charge in [-0.15, -0.1) is 0 Å². The van der Waals surface area contributed by atoms with Gasteiger partial charge in [0.1, 0.15) is 0 Å². The van der Waals surface area contributed by atoms with Crippen LogP contribution < -0.4 is 5.73 Å². The number of thioether (sulfide) groups is 1. The number of rotatable bonds is 6. The maximum absolute atomic E-state index is 5.91. The highest BCUT2D eigenvalue weighted by Crippen LogP contribution is 2.37. The lowest BCUT2D eigenvalue weighted by Crippen LogP contribution is -2.40. The van der Waals surface area contributed by atoms with Crippen LogP contribution in [0.3, 0.4) is 0 Å². The molecule has 0 bridgehead atoms. The van der Waals surface area contributed by atoms with Gasteiger partial charge in [0, 0.05) is 18.8 Å². The smallest absolute Gasteiger partial charge is 0.00694 e. The second-order valence-electron chi connectivity index (χ2n) is 4.64. The van der Waals surface area contributed by atoms with Crippen molar-refractivity contribution in [3.05, 3.63) is 0 Å². The molecule has 1 rings (SSSR count). The lowest BCUT2D eigenvalue weighted by atomic mass is 9.86. The fraction of sp³-hybridized carbons (Fsp3) is 1.00. The Labute approximate surface area is 92.6 Å². The van der Waals surface area contributed by atoms with Crippen LogP contribution in [0.15, 0.2) is 0 Å². The summed E-state index contributed by atoms with van der Waals surface area (Å²) in [5.74, 6) is 1.23. The third-order valence-corrected chi connectivity index (χ3v) is 3.97. The van der Waals surface area contributed by atoms with Gasteiger partial charge in [-0.2, -0.15) is 11.8 Å². The molecule has 3 heteroatoms. The minimum atomic E-state index is 0.452. The van der Waals surface area contributed by atoms with Crippen molar-refractivity contribution in [3.63, 3.8) is 0 Å². The fourth-order valence-corrected chi connectivity index (χ4v) is 2.94. The maximum Gasteiger partial charge on any atom is 0.00694 e. The number of hydrogen-bond donors (Lipinski definition) is 1. The van der Waals surface area contributed by atoms with Crippen molar-refractivity contribution in [2.75, 3.05) is 38.7 Å².